The number of hydrogen-bond acceptors (Lipinski definition) is 2. The highest BCUT2D eigenvalue weighted by Gasteiger charge is 2.42. The summed E-state index contributed by atoms with van der Waals surface area (Å²) in [5, 5.41) is 2.17. The Balaban J connectivity index is 1.81. The van der Waals surface area contributed by atoms with E-state index < -0.39 is 0 Å². The van der Waals surface area contributed by atoms with Gasteiger partial charge in [0.2, 0.25) is 0 Å². The molecule has 1 atom stereocenters. The highest BCUT2D eigenvalue weighted by atomic mass is 19.1. The van der Waals surface area contributed by atoms with Gasteiger partial charge in [0.15, 0.2) is 5.78 Å². The van der Waals surface area contributed by atoms with Crippen molar-refractivity contribution in [3.8, 4) is 5.75 Å². The average molecular weight is 372 g/mol. The molecule has 5 rings (SSSR count). The first kappa shape index (κ1) is 17.2. The molecule has 1 aliphatic heterocycles. The number of hydrogen-bond donors (Lipinski definition) is 0. The van der Waals surface area contributed by atoms with Crippen molar-refractivity contribution in [1.29, 1.82) is 0 Å². The summed E-state index contributed by atoms with van der Waals surface area (Å²) >= 11 is 0. The van der Waals surface area contributed by atoms with Crippen LogP contribution in [0.2, 0.25) is 0 Å². The molecule has 1 aliphatic carbocycles. The minimum absolute atomic E-state index is 0.124. The Morgan fingerprint density at radius 1 is 0.964 bits per heavy atom. The molecule has 1 unspecified atom stereocenters. The lowest BCUT2D eigenvalue weighted by Gasteiger charge is -2.38. The maximum Gasteiger partial charge on any atom is 0.163 e. The van der Waals surface area contributed by atoms with E-state index in [4.69, 9.17) is 4.74 Å². The Labute approximate surface area is 163 Å². The molecule has 3 aromatic rings. The molecule has 0 N–H and O–H groups in total. The van der Waals surface area contributed by atoms with E-state index in [0.717, 1.165) is 45.4 Å². The lowest BCUT2D eigenvalue weighted by atomic mass is 9.69. The molecule has 0 fully saturated rings. The zero-order valence-corrected chi connectivity index (χ0v) is 16.0. The molecule has 0 saturated heterocycles. The van der Waals surface area contributed by atoms with E-state index in [9.17, 15) is 9.18 Å². The predicted molar refractivity (Wildman–Crippen MR) is 108 cm³/mol. The minimum Gasteiger partial charge on any atom is -0.461 e. The maximum atomic E-state index is 13.6. The number of ketones is 1. The third kappa shape index (κ3) is 2.65. The second-order valence-electron chi connectivity index (χ2n) is 8.56. The highest BCUT2D eigenvalue weighted by molar-refractivity contribution is 6.02. The summed E-state index contributed by atoms with van der Waals surface area (Å²) in [7, 11) is 0. The molecule has 3 heteroatoms. The van der Waals surface area contributed by atoms with Crippen molar-refractivity contribution in [2.75, 3.05) is 0 Å². The molecular formula is C25H21FO2. The van der Waals surface area contributed by atoms with Gasteiger partial charge in [0, 0.05) is 29.9 Å². The molecule has 2 nitrogen and oxygen atoms in total. The van der Waals surface area contributed by atoms with Crippen molar-refractivity contribution in [2.24, 2.45) is 5.41 Å². The number of allylic oxidation sites excluding steroid dienone is 2. The van der Waals surface area contributed by atoms with Gasteiger partial charge in [-0.15, -0.1) is 0 Å². The lowest BCUT2D eigenvalue weighted by molar-refractivity contribution is -0.118. The Bertz CT molecular complexity index is 1140. The van der Waals surface area contributed by atoms with Gasteiger partial charge in [0.25, 0.3) is 0 Å². The maximum absolute atomic E-state index is 13.6. The number of ether oxygens (including phenoxy) is 1. The van der Waals surface area contributed by atoms with Crippen molar-refractivity contribution < 1.29 is 13.9 Å². The smallest absolute Gasteiger partial charge is 0.163 e. The van der Waals surface area contributed by atoms with E-state index in [1.165, 1.54) is 12.1 Å². The number of carbonyl (C=O) groups excluding carboxylic acids is 1. The molecule has 140 valence electrons. The summed E-state index contributed by atoms with van der Waals surface area (Å²) in [4.78, 5) is 13.2. The van der Waals surface area contributed by atoms with Gasteiger partial charge in [-0.25, -0.2) is 4.39 Å². The molecule has 0 saturated carbocycles. The van der Waals surface area contributed by atoms with Gasteiger partial charge in [-0.1, -0.05) is 56.3 Å². The zero-order valence-electron chi connectivity index (χ0n) is 16.0. The molecule has 2 aliphatic rings. The molecule has 0 bridgehead atoms. The van der Waals surface area contributed by atoms with Crippen LogP contribution in [0.3, 0.4) is 0 Å². The van der Waals surface area contributed by atoms with Crippen LogP contribution in [0.25, 0.3) is 10.8 Å². The van der Waals surface area contributed by atoms with Gasteiger partial charge in [-0.3, -0.25) is 4.79 Å². The number of fused-ring (bicyclic) bond motifs is 3. The van der Waals surface area contributed by atoms with Crippen LogP contribution in [-0.2, 0) is 4.79 Å². The van der Waals surface area contributed by atoms with Crippen molar-refractivity contribution in [2.45, 2.75) is 32.6 Å². The summed E-state index contributed by atoms with van der Waals surface area (Å²) in [6, 6.07) is 18.7. The molecule has 0 amide bonds. The molecule has 3 aromatic carbocycles. The van der Waals surface area contributed by atoms with Crippen LogP contribution in [0, 0.1) is 11.2 Å². The lowest BCUT2D eigenvalue weighted by Crippen LogP contribution is -2.33. The fraction of sp³-hybridized carbons (Fsp3) is 0.240. The summed E-state index contributed by atoms with van der Waals surface area (Å²) in [6.45, 7) is 4.20. The summed E-state index contributed by atoms with van der Waals surface area (Å²) in [5.74, 6) is 1.16. The van der Waals surface area contributed by atoms with Crippen molar-refractivity contribution in [3.05, 3.63) is 88.9 Å². The molecular weight excluding hydrogens is 351 g/mol. The van der Waals surface area contributed by atoms with Crippen LogP contribution in [0.4, 0.5) is 4.39 Å². The number of benzene rings is 3. The Kier molecular flexibility index (Phi) is 3.70. The molecule has 0 radical (unpaired) electrons. The van der Waals surface area contributed by atoms with Crippen molar-refractivity contribution in [1.82, 2.24) is 0 Å². The Morgan fingerprint density at radius 3 is 2.50 bits per heavy atom. The van der Waals surface area contributed by atoms with E-state index in [1.54, 1.807) is 12.1 Å². The van der Waals surface area contributed by atoms with Crippen LogP contribution in [-0.4, -0.2) is 5.78 Å². The number of Topliss-reactive ketones (excluding diaryl/α,β-unsaturated/α-hetero) is 1. The van der Waals surface area contributed by atoms with E-state index in [-0.39, 0.29) is 22.9 Å². The van der Waals surface area contributed by atoms with Gasteiger partial charge in [-0.05, 0) is 39.9 Å². The summed E-state index contributed by atoms with van der Waals surface area (Å²) < 4.78 is 19.9. The first-order valence-corrected chi connectivity index (χ1v) is 9.64. The van der Waals surface area contributed by atoms with Crippen LogP contribution in [0.1, 0.15) is 43.7 Å². The third-order valence-electron chi connectivity index (χ3n) is 5.82. The fourth-order valence-corrected chi connectivity index (χ4v) is 4.62. The van der Waals surface area contributed by atoms with Gasteiger partial charge < -0.3 is 4.74 Å². The minimum atomic E-state index is -0.278. The highest BCUT2D eigenvalue weighted by Crippen LogP contribution is 2.51. The number of rotatable bonds is 1. The van der Waals surface area contributed by atoms with E-state index in [1.807, 2.05) is 18.2 Å². The molecule has 1 heterocycles. The van der Waals surface area contributed by atoms with E-state index in [0.29, 0.717) is 6.42 Å². The average Bonchev–Trinajstić information content (AvgIpc) is 2.66. The second-order valence-corrected chi connectivity index (χ2v) is 8.56. The Morgan fingerprint density at radius 2 is 1.71 bits per heavy atom. The van der Waals surface area contributed by atoms with Crippen LogP contribution in [0.15, 0.2) is 72.0 Å². The van der Waals surface area contributed by atoms with Crippen LogP contribution < -0.4 is 4.74 Å². The van der Waals surface area contributed by atoms with Gasteiger partial charge in [0.05, 0.1) is 0 Å². The van der Waals surface area contributed by atoms with Gasteiger partial charge in [-0.2, -0.15) is 0 Å². The fourth-order valence-electron chi connectivity index (χ4n) is 4.62. The Hall–Kier alpha value is -2.94. The monoisotopic (exact) mass is 372 g/mol. The number of halogens is 1. The van der Waals surface area contributed by atoms with Crippen LogP contribution >= 0.6 is 0 Å². The van der Waals surface area contributed by atoms with Gasteiger partial charge >= 0.3 is 0 Å². The zero-order chi connectivity index (χ0) is 19.5. The molecule has 0 aromatic heterocycles. The van der Waals surface area contributed by atoms with Crippen molar-refractivity contribution in [3.63, 3.8) is 0 Å². The number of carbonyl (C=O) groups is 1. The van der Waals surface area contributed by atoms with Crippen LogP contribution in [0.5, 0.6) is 5.75 Å². The van der Waals surface area contributed by atoms with Crippen molar-refractivity contribution >= 4 is 16.6 Å². The first-order valence-electron chi connectivity index (χ1n) is 9.64. The summed E-state index contributed by atoms with van der Waals surface area (Å²) in [6.07, 6.45) is 1.21. The topological polar surface area (TPSA) is 26.3 Å². The predicted octanol–water partition coefficient (Wildman–Crippen LogP) is 6.15. The molecule has 0 spiro atoms. The van der Waals surface area contributed by atoms with E-state index >= 15 is 0 Å². The normalized spacial score (nSPS) is 20.5. The second kappa shape index (κ2) is 6.03. The SMILES string of the molecule is CC1(C)CC(=O)C2=C(C1)Oc1ccc3ccccc3c1C2c1ccc(F)cc1. The molecule has 28 heavy (non-hydrogen) atoms. The third-order valence-corrected chi connectivity index (χ3v) is 5.82. The first-order chi connectivity index (χ1) is 13.4. The summed E-state index contributed by atoms with van der Waals surface area (Å²) in [5.41, 5.74) is 2.52. The standard InChI is InChI=1S/C25H21FO2/c1-25(2)13-19(27)24-21(14-25)28-20-12-9-15-5-3-4-6-18(15)23(20)22(24)16-7-10-17(26)11-8-16/h3-12,22H,13-14H2,1-2H3. The quantitative estimate of drug-likeness (QED) is 0.512. The van der Waals surface area contributed by atoms with Gasteiger partial charge in [0.1, 0.15) is 17.3 Å². The van der Waals surface area contributed by atoms with E-state index in [2.05, 4.69) is 32.0 Å². The largest absolute Gasteiger partial charge is 0.461 e.